The van der Waals surface area contributed by atoms with E-state index < -0.39 is 0 Å². The van der Waals surface area contributed by atoms with Crippen molar-refractivity contribution in [3.8, 4) is 0 Å². The number of rotatable bonds is 2. The summed E-state index contributed by atoms with van der Waals surface area (Å²) < 4.78 is 0. The quantitative estimate of drug-likeness (QED) is 0.598. The van der Waals surface area contributed by atoms with Gasteiger partial charge in [0.15, 0.2) is 0 Å². The summed E-state index contributed by atoms with van der Waals surface area (Å²) in [6.45, 7) is 3.11. The van der Waals surface area contributed by atoms with Crippen molar-refractivity contribution >= 4 is 11.5 Å². The molecular formula is C5H9CoNO. The maximum absolute atomic E-state index is 10.1. The van der Waals surface area contributed by atoms with Gasteiger partial charge in [-0.15, -0.1) is 0 Å². The van der Waals surface area contributed by atoms with E-state index in [4.69, 9.17) is 5.41 Å². The largest absolute Gasteiger partial charge is 0.310 e. The number of ketones is 1. The van der Waals surface area contributed by atoms with Crippen LogP contribution >= 0.6 is 0 Å². The van der Waals surface area contributed by atoms with Gasteiger partial charge in [-0.3, -0.25) is 4.79 Å². The Morgan fingerprint density at radius 2 is 1.88 bits per heavy atom. The first-order chi connectivity index (χ1) is 3.13. The van der Waals surface area contributed by atoms with Crippen LogP contribution < -0.4 is 0 Å². The Bertz CT molecular complexity index is 88.6. The number of Topliss-reactive ketones (excluding diaryl/α,β-unsaturated/α-hetero) is 1. The second kappa shape index (κ2) is 4.99. The molecule has 0 bridgehead atoms. The van der Waals surface area contributed by atoms with Gasteiger partial charge in [-0.1, -0.05) is 0 Å². The van der Waals surface area contributed by atoms with Crippen LogP contribution in [0.1, 0.15) is 20.3 Å². The Morgan fingerprint density at radius 3 is 1.88 bits per heavy atom. The number of carbonyl (C=O) groups is 1. The van der Waals surface area contributed by atoms with Crippen molar-refractivity contribution in [2.24, 2.45) is 0 Å². The maximum Gasteiger partial charge on any atom is 0.135 e. The van der Waals surface area contributed by atoms with E-state index in [1.165, 1.54) is 6.92 Å². The first-order valence-corrected chi connectivity index (χ1v) is 2.16. The van der Waals surface area contributed by atoms with E-state index in [1.807, 2.05) is 0 Å². The fraction of sp³-hybridized carbons (Fsp3) is 0.600. The summed E-state index contributed by atoms with van der Waals surface area (Å²) >= 11 is 0. The molecule has 0 aromatic heterocycles. The summed E-state index contributed by atoms with van der Waals surface area (Å²) in [4.78, 5) is 10.1. The Hall–Kier alpha value is -0.154. The van der Waals surface area contributed by atoms with Crippen LogP contribution in [0.25, 0.3) is 0 Å². The monoisotopic (exact) mass is 158 g/mol. The number of carbonyl (C=O) groups excluding carboxylic acids is 1. The van der Waals surface area contributed by atoms with Gasteiger partial charge in [-0.25, -0.2) is 0 Å². The van der Waals surface area contributed by atoms with E-state index in [9.17, 15) is 4.79 Å². The van der Waals surface area contributed by atoms with Crippen molar-refractivity contribution in [1.29, 1.82) is 5.41 Å². The summed E-state index contributed by atoms with van der Waals surface area (Å²) in [6.07, 6.45) is 0.306. The van der Waals surface area contributed by atoms with E-state index >= 15 is 0 Å². The first-order valence-electron chi connectivity index (χ1n) is 2.16. The molecule has 0 heterocycles. The number of nitrogens with one attached hydrogen (secondary N) is 1. The summed E-state index contributed by atoms with van der Waals surface area (Å²) in [5.41, 5.74) is 0.438. The van der Waals surface area contributed by atoms with Gasteiger partial charge in [0, 0.05) is 28.9 Å². The molecule has 1 radical (unpaired) electrons. The molecule has 0 atom stereocenters. The molecule has 0 amide bonds. The molecule has 1 N–H and O–H groups in total. The summed E-state index contributed by atoms with van der Waals surface area (Å²) in [5, 5.41) is 6.80. The van der Waals surface area contributed by atoms with Crippen LogP contribution in [0.3, 0.4) is 0 Å². The Morgan fingerprint density at radius 1 is 1.50 bits per heavy atom. The summed E-state index contributed by atoms with van der Waals surface area (Å²) in [7, 11) is 0. The zero-order valence-electron chi connectivity index (χ0n) is 4.95. The molecule has 0 aliphatic rings. The molecule has 2 nitrogen and oxygen atoms in total. The van der Waals surface area contributed by atoms with Gasteiger partial charge in [-0.2, -0.15) is 0 Å². The smallest absolute Gasteiger partial charge is 0.135 e. The summed E-state index contributed by atoms with van der Waals surface area (Å²) in [6, 6.07) is 0. The third-order valence-electron chi connectivity index (χ3n) is 0.514. The molecule has 0 saturated carbocycles. The predicted octanol–water partition coefficient (Wildman–Crippen LogP) is 1.00. The summed E-state index contributed by atoms with van der Waals surface area (Å²) in [5.74, 6) is 0.0625. The van der Waals surface area contributed by atoms with E-state index in [1.54, 1.807) is 6.92 Å². The van der Waals surface area contributed by atoms with E-state index in [0.717, 1.165) is 0 Å². The van der Waals surface area contributed by atoms with Gasteiger partial charge < -0.3 is 5.41 Å². The minimum absolute atomic E-state index is 0. The third kappa shape index (κ3) is 9.28. The van der Waals surface area contributed by atoms with Gasteiger partial charge in [0.25, 0.3) is 0 Å². The zero-order valence-corrected chi connectivity index (χ0v) is 5.99. The molecule has 0 spiro atoms. The molecular weight excluding hydrogens is 149 g/mol. The van der Waals surface area contributed by atoms with Crippen LogP contribution in [0.4, 0.5) is 0 Å². The number of hydrogen-bond donors (Lipinski definition) is 1. The van der Waals surface area contributed by atoms with Crippen LogP contribution in [-0.2, 0) is 21.6 Å². The Balaban J connectivity index is 0. The molecule has 8 heavy (non-hydrogen) atoms. The predicted molar refractivity (Wildman–Crippen MR) is 28.7 cm³/mol. The van der Waals surface area contributed by atoms with Crippen LogP contribution in [0.15, 0.2) is 0 Å². The van der Waals surface area contributed by atoms with Crippen molar-refractivity contribution < 1.29 is 21.6 Å². The van der Waals surface area contributed by atoms with Crippen molar-refractivity contribution in [1.82, 2.24) is 0 Å². The molecule has 0 unspecified atom stereocenters. The third-order valence-corrected chi connectivity index (χ3v) is 0.514. The molecule has 0 aromatic rings. The fourth-order valence-electron chi connectivity index (χ4n) is 0.373. The minimum Gasteiger partial charge on any atom is -0.310 e. The number of hydrogen-bond acceptors (Lipinski definition) is 2. The second-order valence-corrected chi connectivity index (χ2v) is 1.66. The average Bonchev–Trinajstić information content (AvgIpc) is 1.27. The molecule has 0 saturated heterocycles. The van der Waals surface area contributed by atoms with E-state index in [2.05, 4.69) is 0 Å². The molecule has 0 aromatic carbocycles. The molecule has 0 fully saturated rings. The van der Waals surface area contributed by atoms with E-state index in [0.29, 0.717) is 12.1 Å². The SMILES string of the molecule is CC(=N)CC(C)=O.[Co]. The normalized spacial score (nSPS) is 7.25. The Kier molecular flexibility index (Phi) is 6.72. The maximum atomic E-state index is 10.1. The van der Waals surface area contributed by atoms with Gasteiger partial charge in [0.05, 0.1) is 0 Å². The van der Waals surface area contributed by atoms with Crippen LogP contribution in [0.2, 0.25) is 0 Å². The molecule has 49 valence electrons. The van der Waals surface area contributed by atoms with Crippen molar-refractivity contribution in [3.05, 3.63) is 0 Å². The van der Waals surface area contributed by atoms with Crippen molar-refractivity contribution in [2.45, 2.75) is 20.3 Å². The van der Waals surface area contributed by atoms with Crippen LogP contribution in [0, 0.1) is 5.41 Å². The first kappa shape index (κ1) is 10.8. The van der Waals surface area contributed by atoms with Gasteiger partial charge >= 0.3 is 0 Å². The fourth-order valence-corrected chi connectivity index (χ4v) is 0.373. The van der Waals surface area contributed by atoms with Gasteiger partial charge in [0.2, 0.25) is 0 Å². The zero-order chi connectivity index (χ0) is 5.86. The average molecular weight is 158 g/mol. The van der Waals surface area contributed by atoms with Crippen LogP contribution in [0.5, 0.6) is 0 Å². The topological polar surface area (TPSA) is 40.9 Å². The molecule has 0 aliphatic heterocycles. The van der Waals surface area contributed by atoms with Crippen LogP contribution in [-0.4, -0.2) is 11.5 Å². The van der Waals surface area contributed by atoms with Crippen molar-refractivity contribution in [3.63, 3.8) is 0 Å². The second-order valence-electron chi connectivity index (χ2n) is 1.66. The van der Waals surface area contributed by atoms with Crippen molar-refractivity contribution in [2.75, 3.05) is 0 Å². The standard InChI is InChI=1S/C5H9NO.Co/c1-4(6)3-5(2)7;/h6H,3H2,1-2H3;. The minimum atomic E-state index is 0. The molecule has 0 rings (SSSR count). The molecule has 3 heteroatoms. The Labute approximate surface area is 59.4 Å². The van der Waals surface area contributed by atoms with E-state index in [-0.39, 0.29) is 22.6 Å². The van der Waals surface area contributed by atoms with Gasteiger partial charge in [-0.05, 0) is 13.8 Å². The van der Waals surface area contributed by atoms with Gasteiger partial charge in [0.1, 0.15) is 5.78 Å². The molecule has 0 aliphatic carbocycles.